The Hall–Kier alpha value is -2.32. The fourth-order valence-electron chi connectivity index (χ4n) is 4.05. The largest absolute Gasteiger partial charge is 0.373 e. The van der Waals surface area contributed by atoms with Gasteiger partial charge < -0.3 is 14.5 Å². The van der Waals surface area contributed by atoms with Crippen LogP contribution in [0.3, 0.4) is 0 Å². The summed E-state index contributed by atoms with van der Waals surface area (Å²) in [6.45, 7) is 4.08. The summed E-state index contributed by atoms with van der Waals surface area (Å²) in [6.07, 6.45) is 12.1. The van der Waals surface area contributed by atoms with Crippen molar-refractivity contribution < 1.29 is 9.53 Å². The normalized spacial score (nSPS) is 24.1. The van der Waals surface area contributed by atoms with Crippen LogP contribution in [0, 0.1) is 0 Å². The van der Waals surface area contributed by atoms with Gasteiger partial charge in [-0.25, -0.2) is 4.98 Å². The van der Waals surface area contributed by atoms with Gasteiger partial charge in [0, 0.05) is 44.3 Å². The number of piperidine rings is 1. The smallest absolute Gasteiger partial charge is 0.274 e. The lowest BCUT2D eigenvalue weighted by molar-refractivity contribution is -0.0743. The highest BCUT2D eigenvalue weighted by Gasteiger charge is 2.38. The van der Waals surface area contributed by atoms with E-state index >= 15 is 0 Å². The molecule has 2 atom stereocenters. The van der Waals surface area contributed by atoms with Crippen molar-refractivity contribution in [2.24, 2.45) is 7.05 Å². The van der Waals surface area contributed by atoms with Crippen molar-refractivity contribution in [3.8, 4) is 0 Å². The van der Waals surface area contributed by atoms with Gasteiger partial charge in [-0.2, -0.15) is 5.10 Å². The van der Waals surface area contributed by atoms with Crippen LogP contribution >= 0.6 is 0 Å². The number of likely N-dealkylation sites (tertiary alicyclic amines) is 1. The highest BCUT2D eigenvalue weighted by Crippen LogP contribution is 2.31. The highest BCUT2D eigenvalue weighted by molar-refractivity contribution is 5.92. The predicted octanol–water partition coefficient (Wildman–Crippen LogP) is 1.28. The van der Waals surface area contributed by atoms with E-state index in [9.17, 15) is 4.79 Å². The zero-order chi connectivity index (χ0) is 18.6. The topological polar surface area (TPSA) is 76.4 Å². The molecule has 2 saturated heterocycles. The third-order valence-electron chi connectivity index (χ3n) is 5.35. The van der Waals surface area contributed by atoms with Gasteiger partial charge in [-0.3, -0.25) is 14.5 Å². The molecule has 27 heavy (non-hydrogen) atoms. The zero-order valence-electron chi connectivity index (χ0n) is 15.7. The van der Waals surface area contributed by atoms with E-state index in [1.807, 2.05) is 24.3 Å². The van der Waals surface area contributed by atoms with E-state index in [-0.39, 0.29) is 18.1 Å². The Labute approximate surface area is 159 Å². The van der Waals surface area contributed by atoms with Crippen molar-refractivity contribution in [3.05, 3.63) is 42.2 Å². The van der Waals surface area contributed by atoms with Crippen LogP contribution in [0.2, 0.25) is 0 Å². The number of hydrogen-bond acceptors (Lipinski definition) is 6. The molecular formula is C19H26N6O2. The molecule has 0 aliphatic carbocycles. The lowest BCUT2D eigenvalue weighted by Crippen LogP contribution is -2.52. The van der Waals surface area contributed by atoms with Crippen LogP contribution < -0.4 is 0 Å². The Morgan fingerprint density at radius 3 is 2.74 bits per heavy atom. The molecule has 4 rings (SSSR count). The maximum absolute atomic E-state index is 13.2. The van der Waals surface area contributed by atoms with Crippen LogP contribution in [0.4, 0.5) is 0 Å². The molecule has 0 radical (unpaired) electrons. The van der Waals surface area contributed by atoms with Crippen LogP contribution in [0.1, 0.15) is 41.4 Å². The Balaban J connectivity index is 1.61. The Kier molecular flexibility index (Phi) is 5.45. The van der Waals surface area contributed by atoms with E-state index in [0.29, 0.717) is 18.8 Å². The third kappa shape index (κ3) is 4.01. The second-order valence-electron chi connectivity index (χ2n) is 7.25. The minimum atomic E-state index is -0.177. The van der Waals surface area contributed by atoms with Crippen molar-refractivity contribution in [2.75, 3.05) is 32.8 Å². The first-order valence-corrected chi connectivity index (χ1v) is 9.62. The minimum absolute atomic E-state index is 0.0818. The number of carbonyl (C=O) groups excluding carboxylic acids is 1. The molecule has 8 nitrogen and oxygen atoms in total. The van der Waals surface area contributed by atoms with Gasteiger partial charge in [0.15, 0.2) is 0 Å². The van der Waals surface area contributed by atoms with Crippen molar-refractivity contribution in [2.45, 2.75) is 31.4 Å². The van der Waals surface area contributed by atoms with Crippen molar-refractivity contribution >= 4 is 5.91 Å². The average molecular weight is 370 g/mol. The molecule has 2 fully saturated rings. The van der Waals surface area contributed by atoms with Crippen molar-refractivity contribution in [1.29, 1.82) is 0 Å². The molecule has 2 aromatic rings. The number of carbonyl (C=O) groups is 1. The van der Waals surface area contributed by atoms with Gasteiger partial charge in [-0.15, -0.1) is 0 Å². The van der Waals surface area contributed by atoms with Gasteiger partial charge in [0.2, 0.25) is 0 Å². The van der Waals surface area contributed by atoms with Gasteiger partial charge in [0.05, 0.1) is 31.1 Å². The Bertz CT molecular complexity index is 759. The monoisotopic (exact) mass is 370 g/mol. The van der Waals surface area contributed by atoms with E-state index in [2.05, 4.69) is 20.0 Å². The summed E-state index contributed by atoms with van der Waals surface area (Å²) < 4.78 is 7.94. The minimum Gasteiger partial charge on any atom is -0.373 e. The maximum atomic E-state index is 13.2. The average Bonchev–Trinajstić information content (AvgIpc) is 3.14. The predicted molar refractivity (Wildman–Crippen MR) is 99.0 cm³/mol. The van der Waals surface area contributed by atoms with E-state index in [1.54, 1.807) is 17.1 Å². The van der Waals surface area contributed by atoms with E-state index in [1.165, 1.54) is 25.5 Å². The van der Waals surface area contributed by atoms with Gasteiger partial charge in [0.25, 0.3) is 5.91 Å². The molecule has 0 bridgehead atoms. The molecule has 0 unspecified atom stereocenters. The number of aromatic nitrogens is 4. The van der Waals surface area contributed by atoms with Crippen LogP contribution in [-0.2, 0) is 11.8 Å². The van der Waals surface area contributed by atoms with Crippen molar-refractivity contribution in [1.82, 2.24) is 29.5 Å². The lowest BCUT2D eigenvalue weighted by Gasteiger charge is -2.43. The molecule has 2 aliphatic rings. The number of amides is 1. The first-order valence-electron chi connectivity index (χ1n) is 9.62. The summed E-state index contributed by atoms with van der Waals surface area (Å²) in [5.41, 5.74) is 1.36. The summed E-state index contributed by atoms with van der Waals surface area (Å²) in [5, 5.41) is 4.32. The van der Waals surface area contributed by atoms with Crippen LogP contribution in [0.5, 0.6) is 0 Å². The molecule has 8 heteroatoms. The molecule has 0 N–H and O–H groups in total. The molecule has 0 saturated carbocycles. The second kappa shape index (κ2) is 8.14. The summed E-state index contributed by atoms with van der Waals surface area (Å²) in [6, 6.07) is -0.177. The molecule has 0 aromatic carbocycles. The standard InChI is InChI=1S/C19H26N6O2/c1-23-13-15(11-22-23)18-17(14-24-7-3-2-4-8-24)27-10-9-25(18)19(26)16-12-20-5-6-21-16/h5-6,11-13,17-18H,2-4,7-10,14H2,1H3/t17-,18-/m0/s1. The number of ether oxygens (including phenoxy) is 1. The summed E-state index contributed by atoms with van der Waals surface area (Å²) in [7, 11) is 1.89. The van der Waals surface area contributed by atoms with Gasteiger partial charge in [-0.1, -0.05) is 6.42 Å². The molecule has 4 heterocycles. The maximum Gasteiger partial charge on any atom is 0.274 e. The molecule has 144 valence electrons. The lowest BCUT2D eigenvalue weighted by atomic mass is 9.99. The quantitative estimate of drug-likeness (QED) is 0.807. The fourth-order valence-corrected chi connectivity index (χ4v) is 4.05. The van der Waals surface area contributed by atoms with Gasteiger partial charge in [-0.05, 0) is 25.9 Å². The molecular weight excluding hydrogens is 344 g/mol. The number of nitrogens with zero attached hydrogens (tertiary/aromatic N) is 6. The second-order valence-corrected chi connectivity index (χ2v) is 7.25. The fraction of sp³-hybridized carbons (Fsp3) is 0.579. The molecule has 2 aromatic heterocycles. The van der Waals surface area contributed by atoms with Crippen LogP contribution in [-0.4, -0.2) is 74.3 Å². The highest BCUT2D eigenvalue weighted by atomic mass is 16.5. The van der Waals surface area contributed by atoms with Crippen LogP contribution in [0.15, 0.2) is 31.0 Å². The summed E-state index contributed by atoms with van der Waals surface area (Å²) >= 11 is 0. The molecule has 0 spiro atoms. The molecule has 1 amide bonds. The SMILES string of the molecule is Cn1cc([C@H]2[C@H](CN3CCCCC3)OCCN2C(=O)c2cnccn2)cn1. The van der Waals surface area contributed by atoms with Gasteiger partial charge >= 0.3 is 0 Å². The van der Waals surface area contributed by atoms with Crippen molar-refractivity contribution in [3.63, 3.8) is 0 Å². The zero-order valence-corrected chi connectivity index (χ0v) is 15.7. The first kappa shape index (κ1) is 18.1. The van der Waals surface area contributed by atoms with E-state index in [4.69, 9.17) is 4.74 Å². The number of morpholine rings is 1. The first-order chi connectivity index (χ1) is 13.2. The number of hydrogen-bond donors (Lipinski definition) is 0. The molecule has 2 aliphatic heterocycles. The summed E-state index contributed by atoms with van der Waals surface area (Å²) in [5.74, 6) is -0.108. The Morgan fingerprint density at radius 2 is 2.04 bits per heavy atom. The summed E-state index contributed by atoms with van der Waals surface area (Å²) in [4.78, 5) is 25.7. The Morgan fingerprint density at radius 1 is 1.19 bits per heavy atom. The van der Waals surface area contributed by atoms with Crippen LogP contribution in [0.25, 0.3) is 0 Å². The van der Waals surface area contributed by atoms with E-state index in [0.717, 1.165) is 25.2 Å². The third-order valence-corrected chi connectivity index (χ3v) is 5.35. The van der Waals surface area contributed by atoms with Gasteiger partial charge in [0.1, 0.15) is 5.69 Å². The number of rotatable bonds is 4. The van der Waals surface area contributed by atoms with E-state index < -0.39 is 0 Å². The number of aryl methyl sites for hydroxylation is 1.